The van der Waals surface area contributed by atoms with Crippen molar-refractivity contribution in [1.29, 1.82) is 0 Å². The van der Waals surface area contributed by atoms with Gasteiger partial charge in [-0.25, -0.2) is 9.37 Å². The standard InChI is InChI=1S/C6H5FN4OS/c1-12-6-8-2-3(7)4-9-5(13)10-11(4)6/h2H,1H3,(H,10,13). The van der Waals surface area contributed by atoms with Gasteiger partial charge in [0.25, 0.3) is 0 Å². The van der Waals surface area contributed by atoms with Crippen LogP contribution in [0.2, 0.25) is 0 Å². The highest BCUT2D eigenvalue weighted by molar-refractivity contribution is 7.80. The molecule has 0 unspecified atom stereocenters. The van der Waals surface area contributed by atoms with Gasteiger partial charge in [-0.05, 0) is 0 Å². The van der Waals surface area contributed by atoms with Crippen LogP contribution in [0.1, 0.15) is 0 Å². The van der Waals surface area contributed by atoms with Gasteiger partial charge in [0.1, 0.15) is 0 Å². The highest BCUT2D eigenvalue weighted by atomic mass is 32.1. The van der Waals surface area contributed by atoms with Gasteiger partial charge >= 0.3 is 6.01 Å². The van der Waals surface area contributed by atoms with Crippen LogP contribution in [-0.4, -0.2) is 26.7 Å². The fraction of sp³-hybridized carbons (Fsp3) is 0.167. The summed E-state index contributed by atoms with van der Waals surface area (Å²) < 4.78 is 19.0. The van der Waals surface area contributed by atoms with Crippen molar-refractivity contribution in [2.75, 3.05) is 7.11 Å². The summed E-state index contributed by atoms with van der Waals surface area (Å²) in [6, 6.07) is 0.171. The number of methoxy groups -OCH3 is 1. The smallest absolute Gasteiger partial charge is 0.319 e. The third kappa shape index (κ3) is 1.21. The molecule has 0 aliphatic carbocycles. The van der Waals surface area contributed by atoms with Crippen molar-refractivity contribution in [1.82, 2.24) is 19.6 Å². The first-order valence-electron chi connectivity index (χ1n) is 3.36. The molecular weight excluding hydrogens is 195 g/mol. The Morgan fingerprint density at radius 2 is 2.38 bits per heavy atom. The zero-order valence-corrected chi connectivity index (χ0v) is 7.49. The van der Waals surface area contributed by atoms with E-state index in [2.05, 4.69) is 27.7 Å². The Kier molecular flexibility index (Phi) is 1.80. The minimum absolute atomic E-state index is 0.0526. The van der Waals surface area contributed by atoms with E-state index >= 15 is 0 Å². The number of ether oxygens (including phenoxy) is 1. The van der Waals surface area contributed by atoms with E-state index in [1.807, 2.05) is 0 Å². The molecule has 0 saturated carbocycles. The van der Waals surface area contributed by atoms with Crippen LogP contribution in [0.4, 0.5) is 4.39 Å². The summed E-state index contributed by atoms with van der Waals surface area (Å²) in [5.74, 6) is -0.561. The van der Waals surface area contributed by atoms with Crippen LogP contribution in [-0.2, 0) is 0 Å². The molecule has 0 fully saturated rings. The maximum atomic E-state index is 13.0. The second-order valence-corrected chi connectivity index (χ2v) is 2.64. The first-order valence-corrected chi connectivity index (χ1v) is 3.81. The molecular formula is C6H5FN4OS. The average molecular weight is 200 g/mol. The number of hydrogen-bond donors (Lipinski definition) is 1. The molecule has 5 nitrogen and oxygen atoms in total. The van der Waals surface area contributed by atoms with Crippen LogP contribution < -0.4 is 4.74 Å². The molecule has 0 amide bonds. The first-order chi connectivity index (χ1) is 6.22. The maximum Gasteiger partial charge on any atom is 0.319 e. The van der Waals surface area contributed by atoms with E-state index in [4.69, 9.17) is 4.74 Å². The van der Waals surface area contributed by atoms with Crippen molar-refractivity contribution < 1.29 is 9.13 Å². The summed E-state index contributed by atoms with van der Waals surface area (Å²) in [7, 11) is 1.42. The number of aromatic nitrogens is 4. The second kappa shape index (κ2) is 2.84. The van der Waals surface area contributed by atoms with Crippen molar-refractivity contribution in [2.45, 2.75) is 5.16 Å². The maximum absolute atomic E-state index is 13.0. The molecule has 0 saturated heterocycles. The topological polar surface area (TPSA) is 52.3 Å². The van der Waals surface area contributed by atoms with Crippen molar-refractivity contribution in [3.8, 4) is 6.01 Å². The molecule has 0 aromatic carbocycles. The molecule has 0 aliphatic heterocycles. The lowest BCUT2D eigenvalue weighted by atomic mass is 10.6. The minimum Gasteiger partial charge on any atom is -0.467 e. The van der Waals surface area contributed by atoms with Crippen LogP contribution in [0, 0.1) is 5.82 Å². The van der Waals surface area contributed by atoms with E-state index in [9.17, 15) is 4.39 Å². The molecule has 0 bridgehead atoms. The van der Waals surface area contributed by atoms with Crippen LogP contribution in [0.15, 0.2) is 11.4 Å². The van der Waals surface area contributed by atoms with E-state index in [-0.39, 0.29) is 16.8 Å². The summed E-state index contributed by atoms with van der Waals surface area (Å²) in [4.78, 5) is 7.41. The van der Waals surface area contributed by atoms with Gasteiger partial charge < -0.3 is 4.74 Å². The number of thiol groups is 1. The predicted molar refractivity (Wildman–Crippen MR) is 44.5 cm³/mol. The van der Waals surface area contributed by atoms with E-state index in [0.29, 0.717) is 0 Å². The van der Waals surface area contributed by atoms with Gasteiger partial charge in [-0.2, -0.15) is 9.50 Å². The fourth-order valence-electron chi connectivity index (χ4n) is 0.953. The summed E-state index contributed by atoms with van der Waals surface area (Å²) in [5, 5.41) is 3.96. The Morgan fingerprint density at radius 1 is 1.62 bits per heavy atom. The van der Waals surface area contributed by atoms with Gasteiger partial charge in [0.2, 0.25) is 5.16 Å². The number of rotatable bonds is 1. The molecule has 2 aromatic rings. The summed E-state index contributed by atoms with van der Waals surface area (Å²) in [5.41, 5.74) is 0.0526. The van der Waals surface area contributed by atoms with Crippen molar-refractivity contribution >= 4 is 18.3 Å². The Bertz CT molecular complexity index is 457. The van der Waals surface area contributed by atoms with Crippen LogP contribution in [0.3, 0.4) is 0 Å². The normalized spacial score (nSPS) is 10.7. The Labute approximate surface area is 78.0 Å². The largest absolute Gasteiger partial charge is 0.467 e. The minimum atomic E-state index is -0.561. The molecule has 0 atom stereocenters. The van der Waals surface area contributed by atoms with Gasteiger partial charge in [0.15, 0.2) is 11.5 Å². The number of halogens is 1. The molecule has 2 heterocycles. The van der Waals surface area contributed by atoms with Crippen LogP contribution in [0.25, 0.3) is 5.65 Å². The molecule has 2 rings (SSSR count). The predicted octanol–water partition coefficient (Wildman–Crippen LogP) is 0.561. The third-order valence-electron chi connectivity index (χ3n) is 1.46. The van der Waals surface area contributed by atoms with Crippen LogP contribution >= 0.6 is 12.6 Å². The van der Waals surface area contributed by atoms with E-state index < -0.39 is 5.82 Å². The lowest BCUT2D eigenvalue weighted by molar-refractivity contribution is 0.363. The van der Waals surface area contributed by atoms with Gasteiger partial charge in [0.05, 0.1) is 13.3 Å². The zero-order valence-electron chi connectivity index (χ0n) is 6.60. The molecule has 0 radical (unpaired) electrons. The van der Waals surface area contributed by atoms with Gasteiger partial charge in [-0.15, -0.1) is 17.7 Å². The van der Waals surface area contributed by atoms with Crippen LogP contribution in [0.5, 0.6) is 6.01 Å². The molecule has 0 N–H and O–H groups in total. The highest BCUT2D eigenvalue weighted by Crippen LogP contribution is 2.13. The Morgan fingerprint density at radius 3 is 3.08 bits per heavy atom. The molecule has 0 aliphatic rings. The molecule has 13 heavy (non-hydrogen) atoms. The summed E-state index contributed by atoms with van der Waals surface area (Å²) in [6.07, 6.45) is 1.02. The fourth-order valence-corrected chi connectivity index (χ4v) is 1.14. The SMILES string of the molecule is COc1ncc(F)c2nc(S)nn12. The van der Waals surface area contributed by atoms with E-state index in [0.717, 1.165) is 10.7 Å². The first kappa shape index (κ1) is 8.24. The number of hydrogen-bond acceptors (Lipinski definition) is 5. The lowest BCUT2D eigenvalue weighted by Gasteiger charge is -1.99. The quantitative estimate of drug-likeness (QED) is 0.683. The van der Waals surface area contributed by atoms with Crippen molar-refractivity contribution in [2.24, 2.45) is 0 Å². The molecule has 0 spiro atoms. The van der Waals surface area contributed by atoms with E-state index in [1.165, 1.54) is 7.11 Å². The van der Waals surface area contributed by atoms with Gasteiger partial charge in [-0.3, -0.25) is 0 Å². The molecule has 68 valence electrons. The second-order valence-electron chi connectivity index (χ2n) is 2.24. The Balaban J connectivity index is 2.83. The van der Waals surface area contributed by atoms with Crippen molar-refractivity contribution in [3.63, 3.8) is 0 Å². The number of fused-ring (bicyclic) bond motifs is 1. The Hall–Kier alpha value is -1.37. The monoisotopic (exact) mass is 200 g/mol. The third-order valence-corrected chi connectivity index (χ3v) is 1.65. The highest BCUT2D eigenvalue weighted by Gasteiger charge is 2.11. The summed E-state index contributed by atoms with van der Waals surface area (Å²) >= 11 is 3.88. The molecule has 7 heteroatoms. The zero-order chi connectivity index (χ0) is 9.42. The molecule has 2 aromatic heterocycles. The van der Waals surface area contributed by atoms with Gasteiger partial charge in [-0.1, -0.05) is 0 Å². The lowest BCUT2D eigenvalue weighted by Crippen LogP contribution is -2.00. The van der Waals surface area contributed by atoms with Gasteiger partial charge in [0, 0.05) is 0 Å². The van der Waals surface area contributed by atoms with Crippen molar-refractivity contribution in [3.05, 3.63) is 12.0 Å². The number of nitrogens with zero attached hydrogens (tertiary/aromatic N) is 4. The van der Waals surface area contributed by atoms with E-state index in [1.54, 1.807) is 0 Å². The summed E-state index contributed by atoms with van der Waals surface area (Å²) in [6.45, 7) is 0. The average Bonchev–Trinajstić information content (AvgIpc) is 2.48.